The van der Waals surface area contributed by atoms with E-state index in [1.807, 2.05) is 0 Å². The van der Waals surface area contributed by atoms with Gasteiger partial charge in [0.05, 0.1) is 16.1 Å². The Balaban J connectivity index is 2.69. The molecule has 0 unspecified atom stereocenters. The van der Waals surface area contributed by atoms with Gasteiger partial charge in [-0.05, 0) is 6.42 Å². The lowest BCUT2D eigenvalue weighted by atomic mass is 10.4. The Morgan fingerprint density at radius 3 is 1.54 bits per heavy atom. The van der Waals surface area contributed by atoms with Gasteiger partial charge in [-0.25, -0.2) is 4.39 Å². The van der Waals surface area contributed by atoms with E-state index in [-0.39, 0.29) is 0 Å². The normalized spacial score (nSPS) is 13.1. The van der Waals surface area contributed by atoms with Crippen LogP contribution < -0.4 is 10.4 Å². The molecule has 1 rings (SSSR count). The molecule has 0 N–H and O–H groups in total. The summed E-state index contributed by atoms with van der Waals surface area (Å²) in [5.41, 5.74) is 0. The molecule has 4 nitrogen and oxygen atoms in total. The molecule has 0 bridgehead atoms. The van der Waals surface area contributed by atoms with E-state index in [0.717, 1.165) is 24.9 Å². The molecule has 0 saturated heterocycles. The third-order valence-electron chi connectivity index (χ3n) is 5.83. The van der Waals surface area contributed by atoms with Gasteiger partial charge in [0.1, 0.15) is 0 Å². The summed E-state index contributed by atoms with van der Waals surface area (Å²) in [4.78, 5) is 0. The highest BCUT2D eigenvalue weighted by Crippen LogP contribution is 2.21. The highest BCUT2D eigenvalue weighted by Gasteiger charge is 2.38. The second kappa shape index (κ2) is 11.7. The van der Waals surface area contributed by atoms with E-state index in [1.165, 1.54) is 16.4 Å². The first-order valence-electron chi connectivity index (χ1n) is 10.1. The summed E-state index contributed by atoms with van der Waals surface area (Å²) in [6.07, 6.45) is 1.98. The zero-order valence-electron chi connectivity index (χ0n) is 18.8. The highest BCUT2D eigenvalue weighted by molar-refractivity contribution is 6.91. The van der Waals surface area contributed by atoms with E-state index in [2.05, 4.69) is 50.5 Å². The number of rotatable bonds is 14. The Labute approximate surface area is 174 Å². The Morgan fingerprint density at radius 2 is 1.14 bits per heavy atom. The topological polar surface area (TPSA) is 36.9 Å². The first kappa shape index (κ1) is 25.7. The van der Waals surface area contributed by atoms with Crippen LogP contribution in [-0.4, -0.2) is 59.7 Å². The molecule has 8 heteroatoms. The van der Waals surface area contributed by atoms with Crippen molar-refractivity contribution in [3.8, 4) is 0 Å². The number of halogens is 1. The monoisotopic (exact) mass is 446 g/mol. The lowest BCUT2D eigenvalue weighted by Crippen LogP contribution is -2.46. The van der Waals surface area contributed by atoms with E-state index in [1.54, 1.807) is 21.3 Å². The lowest BCUT2D eigenvalue weighted by molar-refractivity contribution is 0.0583. The minimum absolute atomic E-state index is 0.514. The molecule has 0 aliphatic carbocycles. The van der Waals surface area contributed by atoms with Crippen molar-refractivity contribution in [1.82, 2.24) is 0 Å². The van der Waals surface area contributed by atoms with Gasteiger partial charge in [0.2, 0.25) is 0 Å². The van der Waals surface area contributed by atoms with Crippen LogP contribution in [0.1, 0.15) is 12.8 Å². The molecule has 0 radical (unpaired) electrons. The van der Waals surface area contributed by atoms with Gasteiger partial charge in [-0.15, -0.1) is 0 Å². The Kier molecular flexibility index (Phi) is 10.8. The SMILES string of the molecule is CO[Si](CCC[Si](C)(C)c1ccc([Si](C)(C)CCCOCF)cc1)(OC)OC. The molecule has 0 saturated carbocycles. The Hall–Kier alpha value is -0.359. The number of benzene rings is 1. The fourth-order valence-electron chi connectivity index (χ4n) is 3.64. The van der Waals surface area contributed by atoms with Crippen LogP contribution in [0.2, 0.25) is 44.3 Å². The van der Waals surface area contributed by atoms with Crippen LogP contribution in [0.15, 0.2) is 24.3 Å². The van der Waals surface area contributed by atoms with E-state index < -0.39 is 31.8 Å². The summed E-state index contributed by atoms with van der Waals surface area (Å²) in [7, 11) is -0.481. The summed E-state index contributed by atoms with van der Waals surface area (Å²) in [6.45, 7) is 9.44. The highest BCUT2D eigenvalue weighted by atomic mass is 28.4. The smallest absolute Gasteiger partial charge is 0.377 e. The van der Waals surface area contributed by atoms with Crippen LogP contribution in [0.25, 0.3) is 0 Å². The second-order valence-electron chi connectivity index (χ2n) is 8.61. The maximum atomic E-state index is 12.1. The first-order chi connectivity index (χ1) is 13.2. The largest absolute Gasteiger partial charge is 0.500 e. The maximum absolute atomic E-state index is 12.1. The van der Waals surface area contributed by atoms with E-state index >= 15 is 0 Å². The van der Waals surface area contributed by atoms with Crippen LogP contribution in [0, 0.1) is 0 Å². The minimum atomic E-state index is -2.48. The van der Waals surface area contributed by atoms with Gasteiger partial charge in [0.25, 0.3) is 0 Å². The maximum Gasteiger partial charge on any atom is 0.500 e. The van der Waals surface area contributed by atoms with E-state index in [0.29, 0.717) is 6.61 Å². The summed E-state index contributed by atoms with van der Waals surface area (Å²) in [5.74, 6) is 0. The molecule has 0 spiro atoms. The molecule has 1 aromatic rings. The second-order valence-corrected chi connectivity index (χ2v) is 21.4. The molecule has 0 aromatic heterocycles. The first-order valence-corrected chi connectivity index (χ1v) is 18.4. The van der Waals surface area contributed by atoms with Crippen LogP contribution in [-0.2, 0) is 18.0 Å². The van der Waals surface area contributed by atoms with Crippen LogP contribution in [0.5, 0.6) is 0 Å². The van der Waals surface area contributed by atoms with Crippen LogP contribution >= 0.6 is 0 Å². The van der Waals surface area contributed by atoms with Crippen molar-refractivity contribution < 1.29 is 22.4 Å². The van der Waals surface area contributed by atoms with Crippen molar-refractivity contribution in [2.45, 2.75) is 57.2 Å². The average molecular weight is 447 g/mol. The van der Waals surface area contributed by atoms with Gasteiger partial charge >= 0.3 is 8.80 Å². The Morgan fingerprint density at radius 1 is 0.714 bits per heavy atom. The molecule has 28 heavy (non-hydrogen) atoms. The molecular formula is C20H39FO4Si3. The summed E-state index contributed by atoms with van der Waals surface area (Å²) >= 11 is 0. The molecule has 0 amide bonds. The van der Waals surface area contributed by atoms with Gasteiger partial charge < -0.3 is 18.0 Å². The lowest BCUT2D eigenvalue weighted by Gasteiger charge is -2.28. The number of hydrogen-bond acceptors (Lipinski definition) is 4. The minimum Gasteiger partial charge on any atom is -0.377 e. The molecular weight excluding hydrogens is 407 g/mol. The van der Waals surface area contributed by atoms with Gasteiger partial charge in [-0.2, -0.15) is 0 Å². The fourth-order valence-corrected chi connectivity index (χ4v) is 10.5. The quantitative estimate of drug-likeness (QED) is 0.318. The van der Waals surface area contributed by atoms with Crippen molar-refractivity contribution in [2.24, 2.45) is 0 Å². The van der Waals surface area contributed by atoms with Gasteiger partial charge in [-0.1, -0.05) is 79.3 Å². The molecule has 0 heterocycles. The zero-order valence-corrected chi connectivity index (χ0v) is 21.8. The standard InChI is InChI=1S/C20H39FO4Si3/c1-22-28(23-2,24-3)17-9-16-27(6,7)20-12-10-19(11-13-20)26(4,5)15-8-14-25-18-21/h10-13H,8-9,14-18H2,1-7H3. The Bertz CT molecular complexity index is 555. The van der Waals surface area contributed by atoms with Gasteiger partial charge in [0.15, 0.2) is 6.86 Å². The fraction of sp³-hybridized carbons (Fsp3) is 0.700. The molecule has 162 valence electrons. The molecule has 0 fully saturated rings. The van der Waals surface area contributed by atoms with Crippen molar-refractivity contribution in [3.05, 3.63) is 24.3 Å². The predicted octanol–water partition coefficient (Wildman–Crippen LogP) is 4.12. The van der Waals surface area contributed by atoms with E-state index in [4.69, 9.17) is 18.0 Å². The predicted molar refractivity (Wildman–Crippen MR) is 123 cm³/mol. The number of alkyl halides is 1. The van der Waals surface area contributed by atoms with Crippen molar-refractivity contribution >= 4 is 35.3 Å². The summed E-state index contributed by atoms with van der Waals surface area (Å²) in [5, 5.41) is 2.95. The molecule has 0 aliphatic rings. The van der Waals surface area contributed by atoms with E-state index in [9.17, 15) is 4.39 Å². The van der Waals surface area contributed by atoms with Crippen LogP contribution in [0.3, 0.4) is 0 Å². The molecule has 1 aromatic carbocycles. The third-order valence-corrected chi connectivity index (χ3v) is 15.7. The zero-order chi connectivity index (χ0) is 21.3. The average Bonchev–Trinajstić information content (AvgIpc) is 2.69. The third kappa shape index (κ3) is 7.47. The van der Waals surface area contributed by atoms with Gasteiger partial charge in [0, 0.05) is 34.0 Å². The summed E-state index contributed by atoms with van der Waals surface area (Å²) in [6, 6.07) is 12.5. The number of ether oxygens (including phenoxy) is 1. The van der Waals surface area contributed by atoms with Crippen molar-refractivity contribution in [2.75, 3.05) is 34.8 Å². The molecule has 0 aliphatic heterocycles. The van der Waals surface area contributed by atoms with Crippen molar-refractivity contribution in [3.63, 3.8) is 0 Å². The summed E-state index contributed by atoms with van der Waals surface area (Å²) < 4.78 is 33.6. The number of hydrogen-bond donors (Lipinski definition) is 0. The van der Waals surface area contributed by atoms with Gasteiger partial charge in [-0.3, -0.25) is 0 Å². The van der Waals surface area contributed by atoms with Crippen molar-refractivity contribution in [1.29, 1.82) is 0 Å². The molecule has 0 atom stereocenters. The van der Waals surface area contributed by atoms with Crippen LogP contribution in [0.4, 0.5) is 4.39 Å².